The minimum Gasteiger partial charge on any atom is -0.493 e. The van der Waals surface area contributed by atoms with Crippen LogP contribution in [-0.4, -0.2) is 64.7 Å². The summed E-state index contributed by atoms with van der Waals surface area (Å²) in [7, 11) is -1.03. The molecule has 0 saturated carbocycles. The number of sulfonamides is 1. The first-order chi connectivity index (χ1) is 17.4. The lowest BCUT2D eigenvalue weighted by Gasteiger charge is -2.32. The second kappa shape index (κ2) is 13.7. The van der Waals surface area contributed by atoms with Crippen LogP contribution in [-0.2, 0) is 26.2 Å². The predicted molar refractivity (Wildman–Crippen MR) is 146 cm³/mol. The van der Waals surface area contributed by atoms with Gasteiger partial charge in [0.15, 0.2) is 11.5 Å². The summed E-state index contributed by atoms with van der Waals surface area (Å²) in [6, 6.07) is 8.51. The number of ether oxygens (including phenoxy) is 2. The SMILES string of the molecule is CCCCNC(=O)[C@@H](C)N(Cc1c(Cl)cccc1Cl)C(=O)CN(c1ccc(OC)c(OC)c1)S(C)(=O)=O. The van der Waals surface area contributed by atoms with Gasteiger partial charge in [0.1, 0.15) is 12.6 Å². The van der Waals surface area contributed by atoms with Gasteiger partial charge in [0, 0.05) is 34.8 Å². The van der Waals surface area contributed by atoms with Crippen LogP contribution < -0.4 is 19.1 Å². The third-order valence-electron chi connectivity index (χ3n) is 5.72. The van der Waals surface area contributed by atoms with Crippen LogP contribution in [0.5, 0.6) is 11.5 Å². The molecule has 37 heavy (non-hydrogen) atoms. The molecule has 204 valence electrons. The third kappa shape index (κ3) is 8.15. The van der Waals surface area contributed by atoms with E-state index in [4.69, 9.17) is 32.7 Å². The van der Waals surface area contributed by atoms with E-state index in [2.05, 4.69) is 5.32 Å². The minimum absolute atomic E-state index is 0.0940. The van der Waals surface area contributed by atoms with Crippen molar-refractivity contribution in [3.63, 3.8) is 0 Å². The number of nitrogens with one attached hydrogen (secondary N) is 1. The number of methoxy groups -OCH3 is 2. The number of anilines is 1. The zero-order valence-corrected chi connectivity index (χ0v) is 23.9. The van der Waals surface area contributed by atoms with Crippen molar-refractivity contribution in [2.75, 3.05) is 37.9 Å². The Morgan fingerprint density at radius 1 is 1.05 bits per heavy atom. The fourth-order valence-corrected chi connectivity index (χ4v) is 4.92. The number of hydrogen-bond donors (Lipinski definition) is 1. The Bertz CT molecular complexity index is 1190. The Balaban J connectivity index is 2.46. The number of halogens is 2. The molecular weight excluding hydrogens is 541 g/mol. The van der Waals surface area contributed by atoms with Crippen molar-refractivity contribution in [3.05, 3.63) is 52.0 Å². The van der Waals surface area contributed by atoms with Gasteiger partial charge in [-0.3, -0.25) is 13.9 Å². The zero-order valence-electron chi connectivity index (χ0n) is 21.6. The van der Waals surface area contributed by atoms with Crippen molar-refractivity contribution in [1.29, 1.82) is 0 Å². The average Bonchev–Trinajstić information content (AvgIpc) is 2.85. The van der Waals surface area contributed by atoms with E-state index in [9.17, 15) is 18.0 Å². The second-order valence-electron chi connectivity index (χ2n) is 8.35. The molecule has 0 aliphatic carbocycles. The van der Waals surface area contributed by atoms with Gasteiger partial charge in [-0.05, 0) is 37.6 Å². The van der Waals surface area contributed by atoms with Gasteiger partial charge in [-0.2, -0.15) is 0 Å². The molecule has 0 saturated heterocycles. The van der Waals surface area contributed by atoms with E-state index in [-0.39, 0.29) is 18.1 Å². The van der Waals surface area contributed by atoms with Crippen LogP contribution in [0.2, 0.25) is 10.0 Å². The molecule has 0 aromatic heterocycles. The quantitative estimate of drug-likeness (QED) is 0.361. The van der Waals surface area contributed by atoms with Crippen molar-refractivity contribution in [2.45, 2.75) is 39.3 Å². The smallest absolute Gasteiger partial charge is 0.244 e. The van der Waals surface area contributed by atoms with E-state index < -0.39 is 28.5 Å². The van der Waals surface area contributed by atoms with Gasteiger partial charge < -0.3 is 19.7 Å². The molecule has 0 heterocycles. The number of amides is 2. The van der Waals surface area contributed by atoms with Gasteiger partial charge in [0.25, 0.3) is 0 Å². The Kier molecular flexibility index (Phi) is 11.3. The number of nitrogens with zero attached hydrogens (tertiary/aromatic N) is 2. The maximum Gasteiger partial charge on any atom is 0.244 e. The second-order valence-corrected chi connectivity index (χ2v) is 11.1. The number of unbranched alkanes of at least 4 members (excludes halogenated alkanes) is 1. The van der Waals surface area contributed by atoms with Crippen LogP contribution in [0.4, 0.5) is 5.69 Å². The monoisotopic (exact) mass is 573 g/mol. The number of hydrogen-bond acceptors (Lipinski definition) is 6. The first-order valence-corrected chi connectivity index (χ1v) is 14.2. The molecule has 1 atom stereocenters. The minimum atomic E-state index is -3.91. The standard InChI is InChI=1S/C25H33Cl2N3O6S/c1-6-7-13-28-25(32)17(2)29(15-19-20(26)9-8-10-21(19)27)24(31)16-30(37(5,33)34)18-11-12-22(35-3)23(14-18)36-4/h8-12,14,17H,6-7,13,15-16H2,1-5H3,(H,28,32)/t17-/m1/s1. The fourth-order valence-electron chi connectivity index (χ4n) is 3.57. The lowest BCUT2D eigenvalue weighted by molar-refractivity contribution is -0.139. The van der Waals surface area contributed by atoms with Gasteiger partial charge >= 0.3 is 0 Å². The Morgan fingerprint density at radius 2 is 1.68 bits per heavy atom. The normalized spacial score (nSPS) is 12.0. The highest BCUT2D eigenvalue weighted by Gasteiger charge is 2.31. The highest BCUT2D eigenvalue weighted by molar-refractivity contribution is 7.92. The number of benzene rings is 2. The summed E-state index contributed by atoms with van der Waals surface area (Å²) in [5, 5.41) is 3.46. The van der Waals surface area contributed by atoms with Gasteiger partial charge in [-0.25, -0.2) is 8.42 Å². The van der Waals surface area contributed by atoms with Crippen molar-refractivity contribution in [3.8, 4) is 11.5 Å². The largest absolute Gasteiger partial charge is 0.493 e. The van der Waals surface area contributed by atoms with Gasteiger partial charge in [-0.1, -0.05) is 42.6 Å². The highest BCUT2D eigenvalue weighted by Crippen LogP contribution is 2.33. The number of carbonyl (C=O) groups is 2. The predicted octanol–water partition coefficient (Wildman–Crippen LogP) is 4.11. The van der Waals surface area contributed by atoms with Gasteiger partial charge in [0.05, 0.1) is 26.2 Å². The lowest BCUT2D eigenvalue weighted by Crippen LogP contribution is -2.51. The molecule has 2 amide bonds. The molecule has 0 fully saturated rings. The van der Waals surface area contributed by atoms with Crippen molar-refractivity contribution in [1.82, 2.24) is 10.2 Å². The Labute approximate surface area is 228 Å². The van der Waals surface area contributed by atoms with Crippen molar-refractivity contribution in [2.24, 2.45) is 0 Å². The number of carbonyl (C=O) groups excluding carboxylic acids is 2. The molecule has 2 aromatic carbocycles. The van der Waals surface area contributed by atoms with E-state index in [1.807, 2.05) is 6.92 Å². The molecule has 0 aliphatic rings. The lowest BCUT2D eigenvalue weighted by atomic mass is 10.1. The molecule has 1 N–H and O–H groups in total. The summed E-state index contributed by atoms with van der Waals surface area (Å²) in [5.41, 5.74) is 0.647. The third-order valence-corrected chi connectivity index (χ3v) is 7.57. The summed E-state index contributed by atoms with van der Waals surface area (Å²) in [4.78, 5) is 27.8. The average molecular weight is 575 g/mol. The molecule has 2 aromatic rings. The van der Waals surface area contributed by atoms with Crippen LogP contribution in [0.1, 0.15) is 32.3 Å². The van der Waals surface area contributed by atoms with E-state index in [1.54, 1.807) is 31.2 Å². The topological polar surface area (TPSA) is 105 Å². The molecule has 0 aliphatic heterocycles. The van der Waals surface area contributed by atoms with Crippen molar-refractivity contribution < 1.29 is 27.5 Å². The van der Waals surface area contributed by atoms with Crippen LogP contribution in [0.3, 0.4) is 0 Å². The zero-order chi connectivity index (χ0) is 27.8. The first-order valence-electron chi connectivity index (χ1n) is 11.6. The fraction of sp³-hybridized carbons (Fsp3) is 0.440. The summed E-state index contributed by atoms with van der Waals surface area (Å²) in [5.74, 6) is -0.292. The Hall–Kier alpha value is -2.69. The molecule has 12 heteroatoms. The summed E-state index contributed by atoms with van der Waals surface area (Å²) >= 11 is 12.7. The van der Waals surface area contributed by atoms with Crippen LogP contribution in [0.15, 0.2) is 36.4 Å². The van der Waals surface area contributed by atoms with Crippen LogP contribution in [0, 0.1) is 0 Å². The maximum absolute atomic E-state index is 13.7. The van der Waals surface area contributed by atoms with E-state index >= 15 is 0 Å². The summed E-state index contributed by atoms with van der Waals surface area (Å²) < 4.78 is 37.0. The van der Waals surface area contributed by atoms with Crippen LogP contribution >= 0.6 is 23.2 Å². The molecule has 0 spiro atoms. The molecule has 2 rings (SSSR count). The van der Waals surface area contributed by atoms with Crippen LogP contribution in [0.25, 0.3) is 0 Å². The van der Waals surface area contributed by atoms with Gasteiger partial charge in [-0.15, -0.1) is 0 Å². The Morgan fingerprint density at radius 3 is 2.22 bits per heavy atom. The number of rotatable bonds is 13. The molecule has 0 bridgehead atoms. The van der Waals surface area contributed by atoms with E-state index in [1.165, 1.54) is 31.3 Å². The first kappa shape index (κ1) is 30.5. The maximum atomic E-state index is 13.7. The van der Waals surface area contributed by atoms with Crippen molar-refractivity contribution >= 4 is 50.7 Å². The molecule has 0 unspecified atom stereocenters. The molecule has 9 nitrogen and oxygen atoms in total. The molecular formula is C25H33Cl2N3O6S. The van der Waals surface area contributed by atoms with Gasteiger partial charge in [0.2, 0.25) is 21.8 Å². The molecule has 0 radical (unpaired) electrons. The summed E-state index contributed by atoms with van der Waals surface area (Å²) in [6.07, 6.45) is 2.66. The summed E-state index contributed by atoms with van der Waals surface area (Å²) in [6.45, 7) is 3.37. The van der Waals surface area contributed by atoms with E-state index in [0.717, 1.165) is 23.4 Å². The van der Waals surface area contributed by atoms with E-state index in [0.29, 0.717) is 33.7 Å². The highest BCUT2D eigenvalue weighted by atomic mass is 35.5.